The fourth-order valence-corrected chi connectivity index (χ4v) is 2.89. The fourth-order valence-electron chi connectivity index (χ4n) is 2.55. The molecule has 0 aromatic heterocycles. The molecule has 1 aliphatic rings. The van der Waals surface area contributed by atoms with Crippen molar-refractivity contribution in [1.82, 2.24) is 0 Å². The van der Waals surface area contributed by atoms with E-state index in [0.717, 1.165) is 24.1 Å². The number of aryl methyl sites for hydroxylation is 1. The lowest BCUT2D eigenvalue weighted by atomic mass is 10.0. The van der Waals surface area contributed by atoms with Crippen LogP contribution in [0.5, 0.6) is 0 Å². The second kappa shape index (κ2) is 5.37. The van der Waals surface area contributed by atoms with E-state index in [4.69, 9.17) is 0 Å². The molecule has 2 aromatic rings. The van der Waals surface area contributed by atoms with Gasteiger partial charge < -0.3 is 4.90 Å². The molecule has 0 saturated heterocycles. The number of hydrogen-bond donors (Lipinski definition) is 0. The number of fused-ring (bicyclic) bond motifs is 1. The SMILES string of the molecule is O=C(c1ccc(Br)cc1F)N1CCCc2ccccc21. The van der Waals surface area contributed by atoms with E-state index in [0.29, 0.717) is 11.0 Å². The van der Waals surface area contributed by atoms with Crippen molar-refractivity contribution in [3.63, 3.8) is 0 Å². The molecule has 0 spiro atoms. The second-order valence-corrected chi connectivity index (χ2v) is 5.73. The van der Waals surface area contributed by atoms with Crippen LogP contribution in [0, 0.1) is 5.82 Å². The smallest absolute Gasteiger partial charge is 0.261 e. The molecule has 0 unspecified atom stereocenters. The van der Waals surface area contributed by atoms with Crippen LogP contribution in [0.1, 0.15) is 22.3 Å². The summed E-state index contributed by atoms with van der Waals surface area (Å²) in [7, 11) is 0. The molecule has 102 valence electrons. The molecule has 0 fully saturated rings. The standard InChI is InChI=1S/C16H13BrFNO/c17-12-7-8-13(14(18)10-12)16(20)19-9-3-5-11-4-1-2-6-15(11)19/h1-2,4,6-8,10H,3,5,9H2. The molecular weight excluding hydrogens is 321 g/mol. The van der Waals surface area contributed by atoms with Crippen molar-refractivity contribution in [1.29, 1.82) is 0 Å². The first-order chi connectivity index (χ1) is 9.66. The minimum Gasteiger partial charge on any atom is -0.308 e. The highest BCUT2D eigenvalue weighted by molar-refractivity contribution is 9.10. The van der Waals surface area contributed by atoms with Gasteiger partial charge in [-0.15, -0.1) is 0 Å². The topological polar surface area (TPSA) is 20.3 Å². The van der Waals surface area contributed by atoms with Crippen molar-refractivity contribution < 1.29 is 9.18 Å². The van der Waals surface area contributed by atoms with Crippen LogP contribution in [0.25, 0.3) is 0 Å². The minimum atomic E-state index is -0.493. The number of carbonyl (C=O) groups excluding carboxylic acids is 1. The molecule has 20 heavy (non-hydrogen) atoms. The minimum absolute atomic E-state index is 0.116. The third kappa shape index (κ3) is 2.36. The summed E-state index contributed by atoms with van der Waals surface area (Å²) >= 11 is 3.20. The highest BCUT2D eigenvalue weighted by Gasteiger charge is 2.25. The van der Waals surface area contributed by atoms with Crippen LogP contribution >= 0.6 is 15.9 Å². The van der Waals surface area contributed by atoms with Crippen molar-refractivity contribution >= 4 is 27.5 Å². The van der Waals surface area contributed by atoms with Crippen LogP contribution in [0.2, 0.25) is 0 Å². The Hall–Kier alpha value is -1.68. The molecule has 1 amide bonds. The van der Waals surface area contributed by atoms with E-state index in [2.05, 4.69) is 15.9 Å². The van der Waals surface area contributed by atoms with Gasteiger partial charge >= 0.3 is 0 Å². The molecule has 0 aliphatic carbocycles. The Morgan fingerprint density at radius 3 is 2.80 bits per heavy atom. The van der Waals surface area contributed by atoms with Gasteiger partial charge in [-0.1, -0.05) is 34.1 Å². The normalized spacial score (nSPS) is 14.0. The monoisotopic (exact) mass is 333 g/mol. The van der Waals surface area contributed by atoms with Gasteiger partial charge in [0, 0.05) is 16.7 Å². The lowest BCUT2D eigenvalue weighted by Crippen LogP contribution is -2.35. The maximum Gasteiger partial charge on any atom is 0.261 e. The van der Waals surface area contributed by atoms with Gasteiger partial charge in [-0.2, -0.15) is 0 Å². The fraction of sp³-hybridized carbons (Fsp3) is 0.188. The van der Waals surface area contributed by atoms with Crippen molar-refractivity contribution in [2.24, 2.45) is 0 Å². The van der Waals surface area contributed by atoms with Gasteiger partial charge in [0.1, 0.15) is 5.82 Å². The highest BCUT2D eigenvalue weighted by atomic mass is 79.9. The second-order valence-electron chi connectivity index (χ2n) is 4.81. The first-order valence-corrected chi connectivity index (χ1v) is 7.31. The molecule has 1 heterocycles. The van der Waals surface area contributed by atoms with E-state index in [9.17, 15) is 9.18 Å². The molecule has 4 heteroatoms. The molecule has 0 bridgehead atoms. The quantitative estimate of drug-likeness (QED) is 0.766. The Bertz CT molecular complexity index is 671. The van der Waals surface area contributed by atoms with Gasteiger partial charge in [-0.3, -0.25) is 4.79 Å². The average Bonchev–Trinajstić information content (AvgIpc) is 2.46. The first kappa shape index (κ1) is 13.3. The summed E-state index contributed by atoms with van der Waals surface area (Å²) < 4.78 is 14.6. The van der Waals surface area contributed by atoms with Crippen LogP contribution in [0.4, 0.5) is 10.1 Å². The molecular formula is C16H13BrFNO. The van der Waals surface area contributed by atoms with Gasteiger partial charge in [0.15, 0.2) is 0 Å². The average molecular weight is 334 g/mol. The van der Waals surface area contributed by atoms with Crippen LogP contribution in [-0.2, 0) is 6.42 Å². The van der Waals surface area contributed by atoms with E-state index in [1.54, 1.807) is 11.0 Å². The largest absolute Gasteiger partial charge is 0.308 e. The first-order valence-electron chi connectivity index (χ1n) is 6.51. The summed E-state index contributed by atoms with van der Waals surface area (Å²) in [6.07, 6.45) is 1.86. The highest BCUT2D eigenvalue weighted by Crippen LogP contribution is 2.28. The van der Waals surface area contributed by atoms with Gasteiger partial charge in [-0.25, -0.2) is 4.39 Å². The van der Waals surface area contributed by atoms with Crippen molar-refractivity contribution in [3.8, 4) is 0 Å². The number of hydrogen-bond acceptors (Lipinski definition) is 1. The molecule has 0 N–H and O–H groups in total. The number of carbonyl (C=O) groups is 1. The number of anilines is 1. The molecule has 3 rings (SSSR count). The predicted octanol–water partition coefficient (Wildman–Crippen LogP) is 4.18. The van der Waals surface area contributed by atoms with Gasteiger partial charge in [-0.05, 0) is 42.7 Å². The number of nitrogens with zero attached hydrogens (tertiary/aromatic N) is 1. The van der Waals surface area contributed by atoms with Crippen molar-refractivity contribution in [3.05, 3.63) is 63.9 Å². The van der Waals surface area contributed by atoms with Crippen LogP contribution in [0.15, 0.2) is 46.9 Å². The number of halogens is 2. The maximum atomic E-state index is 14.0. The number of amides is 1. The lowest BCUT2D eigenvalue weighted by Gasteiger charge is -2.29. The van der Waals surface area contributed by atoms with Gasteiger partial charge in [0.2, 0.25) is 0 Å². The van der Waals surface area contributed by atoms with E-state index < -0.39 is 5.82 Å². The Balaban J connectivity index is 2.00. The van der Waals surface area contributed by atoms with Crippen molar-refractivity contribution in [2.75, 3.05) is 11.4 Å². The summed E-state index contributed by atoms with van der Waals surface area (Å²) in [6, 6.07) is 12.3. The Labute approximate surface area is 125 Å². The van der Waals surface area contributed by atoms with E-state index >= 15 is 0 Å². The van der Waals surface area contributed by atoms with Gasteiger partial charge in [0.25, 0.3) is 5.91 Å². The summed E-state index contributed by atoms with van der Waals surface area (Å²) in [4.78, 5) is 14.2. The molecule has 0 atom stereocenters. The Morgan fingerprint density at radius 2 is 2.00 bits per heavy atom. The number of rotatable bonds is 1. The summed E-state index contributed by atoms with van der Waals surface area (Å²) in [6.45, 7) is 0.630. The maximum absolute atomic E-state index is 14.0. The molecule has 0 radical (unpaired) electrons. The Kier molecular flexibility index (Phi) is 3.57. The van der Waals surface area contributed by atoms with Crippen LogP contribution in [-0.4, -0.2) is 12.5 Å². The van der Waals surface area contributed by atoms with E-state index in [1.165, 1.54) is 12.1 Å². The zero-order valence-electron chi connectivity index (χ0n) is 10.8. The van der Waals surface area contributed by atoms with Crippen LogP contribution in [0.3, 0.4) is 0 Å². The Morgan fingerprint density at radius 1 is 1.20 bits per heavy atom. The number of benzene rings is 2. The predicted molar refractivity (Wildman–Crippen MR) is 80.5 cm³/mol. The van der Waals surface area contributed by atoms with Crippen molar-refractivity contribution in [2.45, 2.75) is 12.8 Å². The zero-order valence-corrected chi connectivity index (χ0v) is 12.4. The number of para-hydroxylation sites is 1. The molecule has 2 nitrogen and oxygen atoms in total. The molecule has 1 aliphatic heterocycles. The molecule has 0 saturated carbocycles. The summed E-state index contributed by atoms with van der Waals surface area (Å²) in [5.41, 5.74) is 2.15. The van der Waals surface area contributed by atoms with Crippen LogP contribution < -0.4 is 4.90 Å². The third-order valence-electron chi connectivity index (χ3n) is 3.52. The summed E-state index contributed by atoms with van der Waals surface area (Å²) in [5.74, 6) is -0.769. The third-order valence-corrected chi connectivity index (χ3v) is 4.01. The summed E-state index contributed by atoms with van der Waals surface area (Å²) in [5, 5.41) is 0. The van der Waals surface area contributed by atoms with Gasteiger partial charge in [0.05, 0.1) is 5.56 Å². The van der Waals surface area contributed by atoms with E-state index in [1.807, 2.05) is 24.3 Å². The lowest BCUT2D eigenvalue weighted by molar-refractivity contribution is 0.0981. The van der Waals surface area contributed by atoms with E-state index in [-0.39, 0.29) is 11.5 Å². The molecule has 2 aromatic carbocycles. The zero-order chi connectivity index (χ0) is 14.1.